The topological polar surface area (TPSA) is 0 Å². The lowest BCUT2D eigenvalue weighted by Gasteiger charge is -2.17. The largest absolute Gasteiger partial charge is 0.0654 e. The highest BCUT2D eigenvalue weighted by Crippen LogP contribution is 2.25. The molecule has 0 aromatic heterocycles. The van der Waals surface area contributed by atoms with Crippen LogP contribution < -0.4 is 0 Å². The smallest absolute Gasteiger partial charge is 0.0414 e. The maximum atomic E-state index is 2.31. The summed E-state index contributed by atoms with van der Waals surface area (Å²) >= 11 is 0. The molecule has 0 spiro atoms. The quantitative estimate of drug-likeness (QED) is 0.363. The Morgan fingerprint density at radius 3 is 1.24 bits per heavy atom. The minimum atomic E-state index is 1.06. The van der Waals surface area contributed by atoms with Crippen molar-refractivity contribution in [3.05, 3.63) is 0 Å². The van der Waals surface area contributed by atoms with E-state index in [0.29, 0.717) is 0 Å². The van der Waals surface area contributed by atoms with Crippen LogP contribution in [0.5, 0.6) is 0 Å². The van der Waals surface area contributed by atoms with Crippen LogP contribution in [0.4, 0.5) is 0 Å². The maximum Gasteiger partial charge on any atom is -0.0414 e. The molecule has 0 aromatic rings. The lowest BCUT2D eigenvalue weighted by Crippen LogP contribution is -2.01. The van der Waals surface area contributed by atoms with Gasteiger partial charge in [-0.2, -0.15) is 0 Å². The first-order valence-corrected chi connectivity index (χ1v) is 12.4. The SMILES string of the molecule is CCCCCCCCCCC1CCCCCCCCCCCCCC1. The molecule has 0 amide bonds. The average molecular weight is 351 g/mol. The molecule has 0 atom stereocenters. The minimum absolute atomic E-state index is 1.06. The molecule has 1 aliphatic carbocycles. The first-order chi connectivity index (χ1) is 12.4. The summed E-state index contributed by atoms with van der Waals surface area (Å²) in [5, 5.41) is 0. The van der Waals surface area contributed by atoms with Gasteiger partial charge in [0.1, 0.15) is 0 Å². The summed E-state index contributed by atoms with van der Waals surface area (Å²) < 4.78 is 0. The average Bonchev–Trinajstić information content (AvgIpc) is 2.63. The number of rotatable bonds is 9. The highest BCUT2D eigenvalue weighted by molar-refractivity contribution is 4.62. The second kappa shape index (κ2) is 18.8. The van der Waals surface area contributed by atoms with E-state index < -0.39 is 0 Å². The zero-order valence-electron chi connectivity index (χ0n) is 17.8. The Bertz CT molecular complexity index is 228. The number of unbranched alkanes of at least 4 members (excludes halogenated alkanes) is 7. The molecule has 1 aliphatic rings. The molecular weight excluding hydrogens is 300 g/mol. The summed E-state index contributed by atoms with van der Waals surface area (Å²) in [6, 6.07) is 0. The van der Waals surface area contributed by atoms with E-state index >= 15 is 0 Å². The number of hydrogen-bond donors (Lipinski definition) is 0. The lowest BCUT2D eigenvalue weighted by atomic mass is 9.89. The molecule has 0 N–H and O–H groups in total. The second-order valence-electron chi connectivity index (χ2n) is 8.95. The van der Waals surface area contributed by atoms with Crippen LogP contribution in [-0.4, -0.2) is 0 Å². The van der Waals surface area contributed by atoms with E-state index in [1.807, 2.05) is 0 Å². The summed E-state index contributed by atoms with van der Waals surface area (Å²) in [5.41, 5.74) is 0. The molecule has 1 rings (SSSR count). The first-order valence-electron chi connectivity index (χ1n) is 12.4. The second-order valence-corrected chi connectivity index (χ2v) is 8.95. The Balaban J connectivity index is 2.10. The Kier molecular flexibility index (Phi) is 17.3. The van der Waals surface area contributed by atoms with Gasteiger partial charge in [0.15, 0.2) is 0 Å². The summed E-state index contributed by atoms with van der Waals surface area (Å²) in [5.74, 6) is 1.06. The normalized spacial score (nSPS) is 20.0. The molecule has 0 heteroatoms. The molecule has 25 heavy (non-hydrogen) atoms. The van der Waals surface area contributed by atoms with Crippen LogP contribution in [0.2, 0.25) is 0 Å². The molecule has 0 heterocycles. The fourth-order valence-electron chi connectivity index (χ4n) is 4.63. The van der Waals surface area contributed by atoms with E-state index in [2.05, 4.69) is 6.92 Å². The van der Waals surface area contributed by atoms with Crippen molar-refractivity contribution in [2.75, 3.05) is 0 Å². The molecular formula is C25H50. The van der Waals surface area contributed by atoms with E-state index in [0.717, 1.165) is 5.92 Å². The predicted octanol–water partition coefficient (Wildman–Crippen LogP) is 9.61. The summed E-state index contributed by atoms with van der Waals surface area (Å²) in [4.78, 5) is 0. The van der Waals surface area contributed by atoms with Crippen LogP contribution >= 0.6 is 0 Å². The van der Waals surface area contributed by atoms with E-state index in [1.54, 1.807) is 0 Å². The third-order valence-corrected chi connectivity index (χ3v) is 6.44. The van der Waals surface area contributed by atoms with Gasteiger partial charge in [-0.25, -0.2) is 0 Å². The summed E-state index contributed by atoms with van der Waals surface area (Å²) in [6.07, 6.45) is 34.5. The van der Waals surface area contributed by atoms with Crippen molar-refractivity contribution in [3.8, 4) is 0 Å². The highest BCUT2D eigenvalue weighted by Gasteiger charge is 2.09. The molecule has 150 valence electrons. The minimum Gasteiger partial charge on any atom is -0.0654 e. The van der Waals surface area contributed by atoms with Crippen LogP contribution in [0, 0.1) is 5.92 Å². The molecule has 0 saturated heterocycles. The van der Waals surface area contributed by atoms with Crippen LogP contribution in [0.25, 0.3) is 0 Å². The zero-order chi connectivity index (χ0) is 17.8. The lowest BCUT2D eigenvalue weighted by molar-refractivity contribution is 0.366. The summed E-state index contributed by atoms with van der Waals surface area (Å²) in [7, 11) is 0. The fourth-order valence-corrected chi connectivity index (χ4v) is 4.63. The van der Waals surface area contributed by atoms with Gasteiger partial charge in [-0.3, -0.25) is 0 Å². The summed E-state index contributed by atoms with van der Waals surface area (Å²) in [6.45, 7) is 2.31. The van der Waals surface area contributed by atoms with E-state index in [9.17, 15) is 0 Å². The molecule has 0 aliphatic heterocycles. The molecule has 0 radical (unpaired) electrons. The van der Waals surface area contributed by atoms with Gasteiger partial charge < -0.3 is 0 Å². The van der Waals surface area contributed by atoms with Crippen LogP contribution in [0.3, 0.4) is 0 Å². The third kappa shape index (κ3) is 15.9. The van der Waals surface area contributed by atoms with Gasteiger partial charge in [0, 0.05) is 0 Å². The third-order valence-electron chi connectivity index (χ3n) is 6.44. The highest BCUT2D eigenvalue weighted by atomic mass is 14.1. The Morgan fingerprint density at radius 1 is 0.440 bits per heavy atom. The fraction of sp³-hybridized carbons (Fsp3) is 1.00. The number of hydrogen-bond acceptors (Lipinski definition) is 0. The molecule has 1 saturated carbocycles. The van der Waals surface area contributed by atoms with Crippen LogP contribution in [0.1, 0.15) is 155 Å². The van der Waals surface area contributed by atoms with Gasteiger partial charge in [0.2, 0.25) is 0 Å². The van der Waals surface area contributed by atoms with Crippen LogP contribution in [0.15, 0.2) is 0 Å². The Labute approximate surface area is 160 Å². The van der Waals surface area contributed by atoms with Gasteiger partial charge in [0.05, 0.1) is 0 Å². The van der Waals surface area contributed by atoms with Gasteiger partial charge in [-0.15, -0.1) is 0 Å². The van der Waals surface area contributed by atoms with E-state index in [4.69, 9.17) is 0 Å². The standard InChI is InChI=1S/C25H50/c1-2-3-4-5-6-13-16-19-22-25-23-20-17-14-11-9-7-8-10-12-15-18-21-24-25/h25H,2-24H2,1H3. The monoisotopic (exact) mass is 350 g/mol. The Hall–Kier alpha value is 0. The Morgan fingerprint density at radius 2 is 0.800 bits per heavy atom. The van der Waals surface area contributed by atoms with Gasteiger partial charge >= 0.3 is 0 Å². The van der Waals surface area contributed by atoms with E-state index in [1.165, 1.54) is 148 Å². The predicted molar refractivity (Wildman–Crippen MR) is 115 cm³/mol. The van der Waals surface area contributed by atoms with Crippen molar-refractivity contribution in [1.29, 1.82) is 0 Å². The van der Waals surface area contributed by atoms with Gasteiger partial charge in [-0.1, -0.05) is 155 Å². The van der Waals surface area contributed by atoms with Crippen molar-refractivity contribution >= 4 is 0 Å². The molecule has 0 aromatic carbocycles. The molecule has 0 nitrogen and oxygen atoms in total. The molecule has 1 fully saturated rings. The van der Waals surface area contributed by atoms with Gasteiger partial charge in [-0.05, 0) is 5.92 Å². The van der Waals surface area contributed by atoms with E-state index in [-0.39, 0.29) is 0 Å². The van der Waals surface area contributed by atoms with Gasteiger partial charge in [0.25, 0.3) is 0 Å². The first kappa shape index (κ1) is 23.0. The molecule has 0 unspecified atom stereocenters. The van der Waals surface area contributed by atoms with Crippen molar-refractivity contribution in [2.24, 2.45) is 5.92 Å². The van der Waals surface area contributed by atoms with Crippen molar-refractivity contribution in [1.82, 2.24) is 0 Å². The van der Waals surface area contributed by atoms with Crippen molar-refractivity contribution < 1.29 is 0 Å². The van der Waals surface area contributed by atoms with Crippen molar-refractivity contribution in [3.63, 3.8) is 0 Å². The zero-order valence-corrected chi connectivity index (χ0v) is 17.8. The van der Waals surface area contributed by atoms with Crippen LogP contribution in [-0.2, 0) is 0 Å². The molecule has 0 bridgehead atoms. The maximum absolute atomic E-state index is 2.31. The van der Waals surface area contributed by atoms with Crippen molar-refractivity contribution in [2.45, 2.75) is 155 Å².